The van der Waals surface area contributed by atoms with Gasteiger partial charge in [0.1, 0.15) is 5.75 Å². The second-order valence-corrected chi connectivity index (χ2v) is 5.41. The van der Waals surface area contributed by atoms with Crippen LogP contribution in [0.25, 0.3) is 0 Å². The third kappa shape index (κ3) is 5.60. The summed E-state index contributed by atoms with van der Waals surface area (Å²) in [7, 11) is 4.90. The summed E-state index contributed by atoms with van der Waals surface area (Å²) in [6, 6.07) is 13.5. The van der Waals surface area contributed by atoms with Gasteiger partial charge in [-0.15, -0.1) is 0 Å². The van der Waals surface area contributed by atoms with Gasteiger partial charge in [0.15, 0.2) is 17.5 Å². The molecule has 0 atom stereocenters. The van der Waals surface area contributed by atoms with Crippen LogP contribution >= 0.6 is 0 Å². The molecule has 0 saturated heterocycles. The van der Waals surface area contributed by atoms with Crippen LogP contribution in [0.5, 0.6) is 17.2 Å². The fraction of sp³-hybridized carbons (Fsp3) is 0.316. The quantitative estimate of drug-likeness (QED) is 0.437. The van der Waals surface area contributed by atoms with E-state index in [1.165, 1.54) is 5.56 Å². The number of hydrogen-bond acceptors (Lipinski definition) is 4. The topological polar surface area (TPSA) is 78.1 Å². The highest BCUT2D eigenvalue weighted by Gasteiger charge is 2.04. The normalized spacial score (nSPS) is 11.1. The first-order valence-electron chi connectivity index (χ1n) is 8.08. The molecule has 6 heteroatoms. The van der Waals surface area contributed by atoms with Crippen molar-refractivity contribution in [3.63, 3.8) is 0 Å². The summed E-state index contributed by atoms with van der Waals surface area (Å²) in [4.78, 5) is 4.35. The molecule has 0 aliphatic heterocycles. The fourth-order valence-corrected chi connectivity index (χ4v) is 2.38. The van der Waals surface area contributed by atoms with Crippen molar-refractivity contribution in [1.82, 2.24) is 0 Å². The molecule has 2 rings (SSSR count). The summed E-state index contributed by atoms with van der Waals surface area (Å²) in [5.41, 5.74) is 7.96. The predicted octanol–water partition coefficient (Wildman–Crippen LogP) is 3.07. The lowest BCUT2D eigenvalue weighted by Gasteiger charge is -2.09. The Kier molecular flexibility index (Phi) is 6.95. The molecule has 0 aliphatic rings. The van der Waals surface area contributed by atoms with Crippen molar-refractivity contribution < 1.29 is 14.2 Å². The molecule has 2 aromatic carbocycles. The van der Waals surface area contributed by atoms with Gasteiger partial charge in [-0.1, -0.05) is 6.07 Å². The van der Waals surface area contributed by atoms with E-state index < -0.39 is 0 Å². The van der Waals surface area contributed by atoms with Crippen molar-refractivity contribution in [2.45, 2.75) is 12.8 Å². The zero-order valence-electron chi connectivity index (χ0n) is 14.9. The number of nitrogens with one attached hydrogen (secondary N) is 1. The van der Waals surface area contributed by atoms with Crippen LogP contribution in [-0.2, 0) is 6.42 Å². The summed E-state index contributed by atoms with van der Waals surface area (Å²) < 4.78 is 15.7. The first-order valence-corrected chi connectivity index (χ1v) is 8.08. The summed E-state index contributed by atoms with van der Waals surface area (Å²) in [6.07, 6.45) is 1.78. The van der Waals surface area contributed by atoms with E-state index in [2.05, 4.69) is 10.3 Å². The number of aliphatic imine (C=N–C) groups is 1. The Bertz CT molecular complexity index is 700. The minimum atomic E-state index is 0.400. The summed E-state index contributed by atoms with van der Waals surface area (Å²) >= 11 is 0. The lowest BCUT2D eigenvalue weighted by molar-refractivity contribution is 0.354. The van der Waals surface area contributed by atoms with E-state index in [0.29, 0.717) is 12.5 Å². The highest BCUT2D eigenvalue weighted by molar-refractivity contribution is 5.92. The van der Waals surface area contributed by atoms with Crippen LogP contribution in [0.4, 0.5) is 5.69 Å². The van der Waals surface area contributed by atoms with Gasteiger partial charge < -0.3 is 25.3 Å². The molecule has 0 unspecified atom stereocenters. The van der Waals surface area contributed by atoms with Gasteiger partial charge in [-0.05, 0) is 54.8 Å². The van der Waals surface area contributed by atoms with Crippen molar-refractivity contribution >= 4 is 11.6 Å². The van der Waals surface area contributed by atoms with Crippen molar-refractivity contribution in [2.75, 3.05) is 33.2 Å². The summed E-state index contributed by atoms with van der Waals surface area (Å²) in [5.74, 6) is 2.68. The van der Waals surface area contributed by atoms with Crippen molar-refractivity contribution in [1.29, 1.82) is 0 Å². The molecule has 0 amide bonds. The molecule has 0 spiro atoms. The second kappa shape index (κ2) is 9.42. The van der Waals surface area contributed by atoms with E-state index in [1.54, 1.807) is 21.3 Å². The van der Waals surface area contributed by atoms with E-state index in [4.69, 9.17) is 19.9 Å². The molecular formula is C19H25N3O3. The minimum absolute atomic E-state index is 0.400. The molecule has 2 aromatic rings. The van der Waals surface area contributed by atoms with Crippen LogP contribution in [-0.4, -0.2) is 33.8 Å². The Morgan fingerprint density at radius 1 is 0.960 bits per heavy atom. The number of guanidine groups is 1. The highest BCUT2D eigenvalue weighted by atomic mass is 16.5. The molecule has 0 fully saturated rings. The standard InChI is InChI=1S/C19H25N3O3/c1-23-16-9-7-15(8-10-16)22-19(20)21-12-4-5-14-6-11-17(24-2)18(13-14)25-3/h6-11,13H,4-5,12H2,1-3H3,(H3,20,21,22). The number of methoxy groups -OCH3 is 3. The van der Waals surface area contributed by atoms with Crippen LogP contribution in [0.3, 0.4) is 0 Å². The zero-order valence-corrected chi connectivity index (χ0v) is 14.9. The monoisotopic (exact) mass is 343 g/mol. The number of hydrogen-bond donors (Lipinski definition) is 2. The van der Waals surface area contributed by atoms with Gasteiger partial charge in [-0.3, -0.25) is 4.99 Å². The van der Waals surface area contributed by atoms with E-state index in [0.717, 1.165) is 35.8 Å². The number of nitrogens with two attached hydrogens (primary N) is 1. The Hall–Kier alpha value is -2.89. The maximum Gasteiger partial charge on any atom is 0.193 e. The third-order valence-electron chi connectivity index (χ3n) is 3.72. The predicted molar refractivity (Wildman–Crippen MR) is 101 cm³/mol. The number of aryl methyl sites for hydroxylation is 1. The van der Waals surface area contributed by atoms with Crippen LogP contribution in [0.2, 0.25) is 0 Å². The van der Waals surface area contributed by atoms with Gasteiger partial charge in [-0.25, -0.2) is 0 Å². The van der Waals surface area contributed by atoms with Gasteiger partial charge in [0.25, 0.3) is 0 Å². The van der Waals surface area contributed by atoms with Gasteiger partial charge in [-0.2, -0.15) is 0 Å². The molecular weight excluding hydrogens is 318 g/mol. The summed E-state index contributed by atoms with van der Waals surface area (Å²) in [5, 5.41) is 3.06. The van der Waals surface area contributed by atoms with Crippen molar-refractivity contribution in [3.8, 4) is 17.2 Å². The van der Waals surface area contributed by atoms with Gasteiger partial charge in [0, 0.05) is 12.2 Å². The molecule has 0 bridgehead atoms. The number of benzene rings is 2. The van der Waals surface area contributed by atoms with Crippen molar-refractivity contribution in [2.24, 2.45) is 10.7 Å². The average molecular weight is 343 g/mol. The second-order valence-electron chi connectivity index (χ2n) is 5.41. The molecule has 6 nitrogen and oxygen atoms in total. The van der Waals surface area contributed by atoms with Crippen LogP contribution in [0.1, 0.15) is 12.0 Å². The summed E-state index contributed by atoms with van der Waals surface area (Å²) in [6.45, 7) is 0.642. The molecule has 0 heterocycles. The largest absolute Gasteiger partial charge is 0.497 e. The number of rotatable bonds is 8. The maximum atomic E-state index is 5.91. The van der Waals surface area contributed by atoms with Crippen molar-refractivity contribution in [3.05, 3.63) is 48.0 Å². The Balaban J connectivity index is 1.81. The van der Waals surface area contributed by atoms with Gasteiger partial charge >= 0.3 is 0 Å². The van der Waals surface area contributed by atoms with Gasteiger partial charge in [0.05, 0.1) is 21.3 Å². The first kappa shape index (κ1) is 18.4. The minimum Gasteiger partial charge on any atom is -0.497 e. The SMILES string of the molecule is COc1ccc(NC(N)=NCCCc2ccc(OC)c(OC)c2)cc1. The molecule has 134 valence electrons. The number of ether oxygens (including phenoxy) is 3. The number of nitrogens with zero attached hydrogens (tertiary/aromatic N) is 1. The van der Waals surface area contributed by atoms with Crippen LogP contribution in [0.15, 0.2) is 47.5 Å². The average Bonchev–Trinajstić information content (AvgIpc) is 2.65. The Morgan fingerprint density at radius 3 is 2.32 bits per heavy atom. The molecule has 0 radical (unpaired) electrons. The molecule has 0 saturated carbocycles. The number of anilines is 1. The van der Waals surface area contributed by atoms with E-state index >= 15 is 0 Å². The smallest absolute Gasteiger partial charge is 0.193 e. The van der Waals surface area contributed by atoms with Crippen LogP contribution < -0.4 is 25.3 Å². The molecule has 25 heavy (non-hydrogen) atoms. The molecule has 0 aliphatic carbocycles. The molecule has 0 aromatic heterocycles. The highest BCUT2D eigenvalue weighted by Crippen LogP contribution is 2.27. The van der Waals surface area contributed by atoms with E-state index in [1.807, 2.05) is 42.5 Å². The van der Waals surface area contributed by atoms with Crippen LogP contribution in [0, 0.1) is 0 Å². The molecule has 3 N–H and O–H groups in total. The van der Waals surface area contributed by atoms with E-state index in [9.17, 15) is 0 Å². The lowest BCUT2D eigenvalue weighted by atomic mass is 10.1. The van der Waals surface area contributed by atoms with E-state index in [-0.39, 0.29) is 0 Å². The maximum absolute atomic E-state index is 5.91. The first-order chi connectivity index (χ1) is 12.2. The third-order valence-corrected chi connectivity index (χ3v) is 3.72. The zero-order chi connectivity index (χ0) is 18.1. The fourth-order valence-electron chi connectivity index (χ4n) is 2.38. The lowest BCUT2D eigenvalue weighted by Crippen LogP contribution is -2.22. The Labute approximate surface area is 148 Å². The van der Waals surface area contributed by atoms with Gasteiger partial charge in [0.2, 0.25) is 0 Å². The Morgan fingerprint density at radius 2 is 1.68 bits per heavy atom.